The molecule has 2 aromatic rings. The number of anilines is 1. The van der Waals surface area contributed by atoms with Crippen LogP contribution in [0.3, 0.4) is 0 Å². The minimum atomic E-state index is -4.87. The Hall–Kier alpha value is -2.11. The van der Waals surface area contributed by atoms with Gasteiger partial charge in [0, 0.05) is 5.56 Å². The molecule has 110 valence electrons. The second-order valence-electron chi connectivity index (χ2n) is 3.78. The molecule has 21 heavy (non-hydrogen) atoms. The van der Waals surface area contributed by atoms with E-state index in [1.807, 2.05) is 0 Å². The summed E-state index contributed by atoms with van der Waals surface area (Å²) in [5.74, 6) is -0.637. The van der Waals surface area contributed by atoms with Crippen LogP contribution in [0.5, 0.6) is 5.75 Å². The van der Waals surface area contributed by atoms with Gasteiger partial charge >= 0.3 is 6.36 Å². The highest BCUT2D eigenvalue weighted by Crippen LogP contribution is 2.42. The molecular weight excluding hydrogens is 332 g/mol. The van der Waals surface area contributed by atoms with Crippen molar-refractivity contribution in [3.8, 4) is 22.9 Å². The number of nitrogens with two attached hydrogens (primary N) is 1. The first-order chi connectivity index (χ1) is 9.73. The fraction of sp³-hybridized carbons (Fsp3) is 0.0909. The molecule has 0 aliphatic heterocycles. The third-order valence-corrected chi connectivity index (χ3v) is 3.00. The molecule has 3 N–H and O–H groups in total. The fourth-order valence-corrected chi connectivity index (χ4v) is 2.33. The normalized spacial score (nSPS) is 11.2. The number of alkyl halides is 3. The second-order valence-corrected chi connectivity index (χ2v) is 4.59. The summed E-state index contributed by atoms with van der Waals surface area (Å²) >= 11 is 11.8. The van der Waals surface area contributed by atoms with Crippen LogP contribution in [-0.4, -0.2) is 16.6 Å². The molecule has 0 radical (unpaired) electrons. The Bertz CT molecular complexity index is 713. The first-order valence-electron chi connectivity index (χ1n) is 5.22. The molecule has 5 nitrogen and oxygen atoms in total. The van der Waals surface area contributed by atoms with Crippen molar-refractivity contribution in [2.75, 3.05) is 5.73 Å². The number of nitriles is 1. The molecule has 0 unspecified atom stereocenters. The lowest BCUT2D eigenvalue weighted by Gasteiger charge is -2.12. The molecule has 0 saturated heterocycles. The largest absolute Gasteiger partial charge is 0.573 e. The van der Waals surface area contributed by atoms with Crippen LogP contribution in [0.15, 0.2) is 12.1 Å². The highest BCUT2D eigenvalue weighted by Gasteiger charge is 2.32. The van der Waals surface area contributed by atoms with Gasteiger partial charge in [-0.25, -0.2) is 0 Å². The van der Waals surface area contributed by atoms with E-state index in [2.05, 4.69) is 14.9 Å². The lowest BCUT2D eigenvalue weighted by molar-refractivity contribution is -0.274. The monoisotopic (exact) mass is 336 g/mol. The average molecular weight is 337 g/mol. The molecule has 0 aliphatic carbocycles. The number of rotatable bonds is 2. The van der Waals surface area contributed by atoms with Gasteiger partial charge in [0.1, 0.15) is 17.5 Å². The number of nitrogen functional groups attached to an aromatic ring is 1. The molecule has 1 aromatic heterocycles. The SMILES string of the molecule is N#Cc1[nH]nc(N)c1-c1c(Cl)cc(OC(F)(F)F)cc1Cl. The van der Waals surface area contributed by atoms with Gasteiger partial charge in [0.15, 0.2) is 5.82 Å². The summed E-state index contributed by atoms with van der Waals surface area (Å²) in [4.78, 5) is 0. The second kappa shape index (κ2) is 5.35. The minimum Gasteiger partial charge on any atom is -0.406 e. The average Bonchev–Trinajstić information content (AvgIpc) is 2.68. The van der Waals surface area contributed by atoms with Gasteiger partial charge in [0.2, 0.25) is 0 Å². The van der Waals surface area contributed by atoms with Crippen molar-refractivity contribution in [3.63, 3.8) is 0 Å². The summed E-state index contributed by atoms with van der Waals surface area (Å²) in [5.41, 5.74) is 5.80. The summed E-state index contributed by atoms with van der Waals surface area (Å²) < 4.78 is 40.3. The quantitative estimate of drug-likeness (QED) is 0.874. The predicted molar refractivity (Wildman–Crippen MR) is 69.9 cm³/mol. The van der Waals surface area contributed by atoms with E-state index >= 15 is 0 Å². The predicted octanol–water partition coefficient (Wildman–Crippen LogP) is 3.74. The van der Waals surface area contributed by atoms with Gasteiger partial charge in [-0.15, -0.1) is 13.2 Å². The molecule has 0 bridgehead atoms. The van der Waals surface area contributed by atoms with E-state index in [0.29, 0.717) is 0 Å². The number of aromatic amines is 1. The van der Waals surface area contributed by atoms with Crippen molar-refractivity contribution in [2.45, 2.75) is 6.36 Å². The molecule has 0 saturated carbocycles. The Morgan fingerprint density at radius 2 is 1.81 bits per heavy atom. The summed E-state index contributed by atoms with van der Waals surface area (Å²) in [6.07, 6.45) is -4.87. The number of halogens is 5. The van der Waals surface area contributed by atoms with E-state index < -0.39 is 12.1 Å². The zero-order chi connectivity index (χ0) is 15.8. The number of aromatic nitrogens is 2. The van der Waals surface area contributed by atoms with Gasteiger partial charge in [-0.2, -0.15) is 10.4 Å². The lowest BCUT2D eigenvalue weighted by atomic mass is 10.1. The first kappa shape index (κ1) is 15.3. The fourth-order valence-electron chi connectivity index (χ4n) is 1.67. The lowest BCUT2D eigenvalue weighted by Crippen LogP contribution is -2.17. The van der Waals surface area contributed by atoms with E-state index in [1.165, 1.54) is 0 Å². The minimum absolute atomic E-state index is 0.0132. The molecule has 0 aliphatic rings. The summed E-state index contributed by atoms with van der Waals surface area (Å²) in [5, 5.41) is 14.6. The van der Waals surface area contributed by atoms with Crippen LogP contribution >= 0.6 is 23.2 Å². The molecule has 1 heterocycles. The van der Waals surface area contributed by atoms with Crippen molar-refractivity contribution in [2.24, 2.45) is 0 Å². The van der Waals surface area contributed by atoms with Crippen molar-refractivity contribution in [3.05, 3.63) is 27.9 Å². The van der Waals surface area contributed by atoms with Crippen molar-refractivity contribution in [1.82, 2.24) is 10.2 Å². The maximum absolute atomic E-state index is 12.2. The van der Waals surface area contributed by atoms with Crippen LogP contribution < -0.4 is 10.5 Å². The Kier molecular flexibility index (Phi) is 3.89. The Morgan fingerprint density at radius 1 is 1.24 bits per heavy atom. The van der Waals surface area contributed by atoms with E-state index in [9.17, 15) is 13.2 Å². The molecular formula is C11H5Cl2F3N4O. The number of H-pyrrole nitrogens is 1. The van der Waals surface area contributed by atoms with Crippen LogP contribution in [0.1, 0.15) is 5.69 Å². The van der Waals surface area contributed by atoms with Crippen LogP contribution in [0.2, 0.25) is 10.0 Å². The van der Waals surface area contributed by atoms with E-state index in [-0.39, 0.29) is 32.7 Å². The number of nitrogens with one attached hydrogen (secondary N) is 1. The maximum Gasteiger partial charge on any atom is 0.573 e. The van der Waals surface area contributed by atoms with Crippen LogP contribution in [0, 0.1) is 11.3 Å². The van der Waals surface area contributed by atoms with Crippen LogP contribution in [-0.2, 0) is 0 Å². The summed E-state index contributed by atoms with van der Waals surface area (Å²) in [6.45, 7) is 0. The topological polar surface area (TPSA) is 87.7 Å². The van der Waals surface area contributed by atoms with Crippen LogP contribution in [0.25, 0.3) is 11.1 Å². The molecule has 2 rings (SSSR count). The zero-order valence-corrected chi connectivity index (χ0v) is 11.4. The maximum atomic E-state index is 12.2. The van der Waals surface area contributed by atoms with Gasteiger partial charge in [-0.1, -0.05) is 23.2 Å². The Morgan fingerprint density at radius 3 is 2.29 bits per heavy atom. The molecule has 0 atom stereocenters. The smallest absolute Gasteiger partial charge is 0.406 e. The van der Waals surface area contributed by atoms with E-state index in [1.54, 1.807) is 6.07 Å². The van der Waals surface area contributed by atoms with Crippen LogP contribution in [0.4, 0.5) is 19.0 Å². The highest BCUT2D eigenvalue weighted by molar-refractivity contribution is 6.39. The number of ether oxygens (including phenoxy) is 1. The van der Waals surface area contributed by atoms with Crippen molar-refractivity contribution < 1.29 is 17.9 Å². The third kappa shape index (κ3) is 3.15. The Labute approximate surface area is 126 Å². The molecule has 0 fully saturated rings. The number of benzene rings is 1. The number of nitrogens with zero attached hydrogens (tertiary/aromatic N) is 2. The van der Waals surface area contributed by atoms with E-state index in [4.69, 9.17) is 34.2 Å². The van der Waals surface area contributed by atoms with Gasteiger partial charge in [0.05, 0.1) is 15.6 Å². The van der Waals surface area contributed by atoms with Gasteiger partial charge in [-0.3, -0.25) is 5.10 Å². The highest BCUT2D eigenvalue weighted by atomic mass is 35.5. The van der Waals surface area contributed by atoms with E-state index in [0.717, 1.165) is 12.1 Å². The van der Waals surface area contributed by atoms with Crippen molar-refractivity contribution in [1.29, 1.82) is 5.26 Å². The van der Waals surface area contributed by atoms with Gasteiger partial charge in [-0.05, 0) is 12.1 Å². The zero-order valence-electron chi connectivity index (χ0n) is 9.92. The molecule has 1 aromatic carbocycles. The summed E-state index contributed by atoms with van der Waals surface area (Å²) in [6, 6.07) is 3.64. The standard InChI is InChI=1S/C11H5Cl2F3N4O/c12-5-1-4(21-11(14,15)16)2-6(13)8(5)9-7(3-17)19-20-10(9)18/h1-2H,(H3,18,19,20). The number of hydrogen-bond donors (Lipinski definition) is 2. The molecule has 0 spiro atoms. The molecule has 10 heteroatoms. The summed E-state index contributed by atoms with van der Waals surface area (Å²) in [7, 11) is 0. The van der Waals surface area contributed by atoms with Crippen molar-refractivity contribution >= 4 is 29.0 Å². The third-order valence-electron chi connectivity index (χ3n) is 2.41. The molecule has 0 amide bonds. The number of hydrogen-bond acceptors (Lipinski definition) is 4. The Balaban J connectivity index is 2.57. The van der Waals surface area contributed by atoms with Gasteiger partial charge < -0.3 is 10.5 Å². The first-order valence-corrected chi connectivity index (χ1v) is 5.97. The van der Waals surface area contributed by atoms with Gasteiger partial charge in [0.25, 0.3) is 0 Å².